The van der Waals surface area contributed by atoms with Gasteiger partial charge in [-0.3, -0.25) is 37.3 Å². The Labute approximate surface area is 668 Å². The first kappa shape index (κ1) is 105. The van der Waals surface area contributed by atoms with Crippen LogP contribution in [0, 0.1) is 0 Å². The van der Waals surface area contributed by atoms with Gasteiger partial charge in [0.05, 0.1) is 26.4 Å². The Hall–Kier alpha value is -5.32. The Morgan fingerprint density at radius 1 is 0.264 bits per heavy atom. The normalized spacial score (nSPS) is 14.6. The van der Waals surface area contributed by atoms with Crippen LogP contribution in [0.4, 0.5) is 0 Å². The Bertz CT molecular complexity index is 2700. The fraction of sp³-hybridized carbons (Fsp3) is 0.670. The van der Waals surface area contributed by atoms with E-state index in [1.165, 1.54) is 38.5 Å². The molecule has 5 atom stereocenters. The van der Waals surface area contributed by atoms with Gasteiger partial charge in [-0.15, -0.1) is 0 Å². The summed E-state index contributed by atoms with van der Waals surface area (Å²) in [6.07, 6.45) is 96.2. The van der Waals surface area contributed by atoms with E-state index in [0.717, 1.165) is 218 Å². The highest BCUT2D eigenvalue weighted by Gasteiger charge is 2.30. The molecule has 0 fully saturated rings. The number of phosphoric acid groups is 2. The molecule has 0 saturated carbocycles. The van der Waals surface area contributed by atoms with E-state index in [-0.39, 0.29) is 25.7 Å². The molecule has 19 heteroatoms. The zero-order valence-corrected chi connectivity index (χ0v) is 70.7. The van der Waals surface area contributed by atoms with E-state index in [9.17, 15) is 43.2 Å². The number of carbonyl (C=O) groups excluding carboxylic acids is 4. The lowest BCUT2D eigenvalue weighted by atomic mass is 10.1. The van der Waals surface area contributed by atoms with Crippen molar-refractivity contribution in [3.8, 4) is 0 Å². The number of allylic oxidation sites excluding steroid dienone is 26. The monoisotopic (exact) mass is 1580 g/mol. The van der Waals surface area contributed by atoms with Crippen molar-refractivity contribution in [3.63, 3.8) is 0 Å². The van der Waals surface area contributed by atoms with Crippen LogP contribution in [0.25, 0.3) is 0 Å². The summed E-state index contributed by atoms with van der Waals surface area (Å²) < 4.78 is 68.8. The van der Waals surface area contributed by atoms with Gasteiger partial charge in [0.25, 0.3) is 0 Å². The highest BCUT2D eigenvalue weighted by atomic mass is 31.2. The van der Waals surface area contributed by atoms with E-state index in [2.05, 4.69) is 186 Å². The van der Waals surface area contributed by atoms with Crippen LogP contribution in [0.15, 0.2) is 158 Å². The molecule has 3 N–H and O–H groups in total. The molecule has 0 aliphatic heterocycles. The second kappa shape index (κ2) is 81.7. The summed E-state index contributed by atoms with van der Waals surface area (Å²) in [5, 5.41) is 10.7. The zero-order valence-electron chi connectivity index (χ0n) is 68.9. The van der Waals surface area contributed by atoms with Gasteiger partial charge >= 0.3 is 39.5 Å². The second-order valence-corrected chi connectivity index (χ2v) is 30.9. The predicted molar refractivity (Wildman–Crippen MR) is 454 cm³/mol. The average molecular weight is 1580 g/mol. The number of phosphoric ester groups is 2. The van der Waals surface area contributed by atoms with Crippen molar-refractivity contribution in [1.82, 2.24) is 0 Å². The molecule has 0 aromatic rings. The number of unbranched alkanes of at least 4 members (excludes halogenated alkanes) is 27. The Morgan fingerprint density at radius 2 is 0.473 bits per heavy atom. The minimum atomic E-state index is -5.00. The fourth-order valence-corrected chi connectivity index (χ4v) is 12.6. The highest BCUT2D eigenvalue weighted by molar-refractivity contribution is 7.47. The number of esters is 4. The topological polar surface area (TPSA) is 237 Å². The Morgan fingerprint density at radius 3 is 0.736 bits per heavy atom. The maximum atomic E-state index is 13.1. The van der Waals surface area contributed by atoms with Gasteiger partial charge in [-0.1, -0.05) is 295 Å². The maximum Gasteiger partial charge on any atom is 0.472 e. The third-order valence-electron chi connectivity index (χ3n) is 17.5. The van der Waals surface area contributed by atoms with E-state index in [1.807, 2.05) is 0 Å². The third kappa shape index (κ3) is 80.7. The van der Waals surface area contributed by atoms with Crippen molar-refractivity contribution < 1.29 is 80.2 Å². The molecule has 628 valence electrons. The molecular weight excluding hydrogens is 1430 g/mol. The highest BCUT2D eigenvalue weighted by Crippen LogP contribution is 2.45. The second-order valence-electron chi connectivity index (χ2n) is 28.0. The SMILES string of the molecule is CC/C=C\C/C=C\C/C=C\C/C=C\C/C=C\CCCCCC(=O)OCC(COP(=O)(O)OCC(O)COP(=O)(O)OCC(COC(=O)CCCCCCCC/C=C\C/C=C\C/C=C\CCCCC)OC(=O)CCCCCCCCC/C=C\C/C=C\C/C=C\CC)OC(=O)CCCCCCC/C=C\C/C=C\CCCCC. The molecule has 0 aliphatic carbocycles. The van der Waals surface area contributed by atoms with E-state index in [1.54, 1.807) is 0 Å². The number of carbonyl (C=O) groups is 4. The van der Waals surface area contributed by atoms with Crippen LogP contribution >= 0.6 is 15.6 Å². The van der Waals surface area contributed by atoms with Crippen LogP contribution in [0.3, 0.4) is 0 Å². The number of hydrogen-bond acceptors (Lipinski definition) is 15. The van der Waals surface area contributed by atoms with Crippen molar-refractivity contribution in [3.05, 3.63) is 158 Å². The van der Waals surface area contributed by atoms with Gasteiger partial charge in [-0.05, 0) is 173 Å². The molecular formula is C91H152O17P2. The van der Waals surface area contributed by atoms with Crippen LogP contribution in [-0.4, -0.2) is 96.7 Å². The fourth-order valence-electron chi connectivity index (χ4n) is 11.0. The molecule has 0 radical (unpaired) electrons. The molecule has 17 nitrogen and oxygen atoms in total. The Kier molecular flexibility index (Phi) is 77.7. The molecule has 0 amide bonds. The summed E-state index contributed by atoms with van der Waals surface area (Å²) in [6, 6.07) is 0. The number of hydrogen-bond donors (Lipinski definition) is 3. The lowest BCUT2D eigenvalue weighted by Gasteiger charge is -2.21. The number of rotatable bonds is 79. The molecule has 0 aromatic heterocycles. The molecule has 0 bridgehead atoms. The molecule has 5 unspecified atom stereocenters. The van der Waals surface area contributed by atoms with Crippen LogP contribution in [-0.2, 0) is 65.4 Å². The predicted octanol–water partition coefficient (Wildman–Crippen LogP) is 25.6. The summed E-state index contributed by atoms with van der Waals surface area (Å²) in [6.45, 7) is 4.54. The first-order valence-electron chi connectivity index (χ1n) is 42.7. The quantitative estimate of drug-likeness (QED) is 0.0169. The minimum Gasteiger partial charge on any atom is -0.462 e. The lowest BCUT2D eigenvalue weighted by Crippen LogP contribution is -2.30. The number of ether oxygens (including phenoxy) is 4. The van der Waals surface area contributed by atoms with E-state index < -0.39 is 97.5 Å². The summed E-state index contributed by atoms with van der Waals surface area (Å²) in [4.78, 5) is 73.3. The van der Waals surface area contributed by atoms with Crippen LogP contribution in [0.5, 0.6) is 0 Å². The smallest absolute Gasteiger partial charge is 0.462 e. The first-order valence-corrected chi connectivity index (χ1v) is 45.7. The van der Waals surface area contributed by atoms with E-state index in [0.29, 0.717) is 25.7 Å². The molecule has 0 heterocycles. The number of aliphatic hydroxyl groups is 1. The van der Waals surface area contributed by atoms with Gasteiger partial charge in [0.2, 0.25) is 0 Å². The van der Waals surface area contributed by atoms with Crippen LogP contribution in [0.1, 0.15) is 336 Å². The Balaban J connectivity index is 5.44. The van der Waals surface area contributed by atoms with Gasteiger partial charge in [-0.25, -0.2) is 9.13 Å². The van der Waals surface area contributed by atoms with Gasteiger partial charge in [0, 0.05) is 25.7 Å². The molecule has 0 rings (SSSR count). The minimum absolute atomic E-state index is 0.0666. The lowest BCUT2D eigenvalue weighted by molar-refractivity contribution is -0.161. The van der Waals surface area contributed by atoms with Gasteiger partial charge < -0.3 is 33.8 Å². The average Bonchev–Trinajstić information content (AvgIpc) is 0.899. The summed E-state index contributed by atoms with van der Waals surface area (Å²) >= 11 is 0. The first-order chi connectivity index (χ1) is 53.7. The molecule has 0 spiro atoms. The number of aliphatic hydroxyl groups excluding tert-OH is 1. The van der Waals surface area contributed by atoms with Crippen molar-refractivity contribution >= 4 is 39.5 Å². The van der Waals surface area contributed by atoms with Crippen molar-refractivity contribution in [2.45, 2.75) is 354 Å². The summed E-state index contributed by atoms with van der Waals surface area (Å²) in [5.74, 6) is -2.25. The zero-order chi connectivity index (χ0) is 80.3. The van der Waals surface area contributed by atoms with Crippen molar-refractivity contribution in [2.75, 3.05) is 39.6 Å². The van der Waals surface area contributed by atoms with E-state index >= 15 is 0 Å². The summed E-state index contributed by atoms with van der Waals surface area (Å²) in [5.41, 5.74) is 0. The van der Waals surface area contributed by atoms with Gasteiger partial charge in [-0.2, -0.15) is 0 Å². The standard InChI is InChI=1S/C91H152O17P2/c1-5-9-13-17-21-25-29-33-37-40-42-45-48-51-55-59-63-67-71-75-88(93)101-81-86(107-90(95)77-73-69-65-61-57-53-47-36-32-28-24-20-16-12-8-4)83-105-109(97,98)103-79-85(92)80-104-110(99,100)106-84-87(108-91(96)78-74-70-66-62-58-54-50-44-39-35-31-27-23-19-15-11-7-3)82-102-89(94)76-72-68-64-60-56-52-49-46-43-41-38-34-30-26-22-18-14-10-6-2/h9,11,13,15,21-28,33-39,42-43,45-47,51,55,85-87,92H,5-8,10,12,14,16-20,29-32,40-41,44,48-50,52-54,56-84H2,1-4H3,(H,97,98)(H,99,100)/b13-9-,15-11-,25-21-,26-22-,27-23-,28-24-,37-33-,38-34-,39-35-,45-42-,46-43-,47-36-,55-51-. The third-order valence-corrected chi connectivity index (χ3v) is 19.4. The summed E-state index contributed by atoms with van der Waals surface area (Å²) in [7, 11) is -10.00. The largest absolute Gasteiger partial charge is 0.472 e. The molecule has 0 aliphatic rings. The van der Waals surface area contributed by atoms with Crippen molar-refractivity contribution in [2.24, 2.45) is 0 Å². The molecule has 0 aromatic carbocycles. The molecule has 110 heavy (non-hydrogen) atoms. The van der Waals surface area contributed by atoms with Crippen molar-refractivity contribution in [1.29, 1.82) is 0 Å². The van der Waals surface area contributed by atoms with Crippen LogP contribution in [0.2, 0.25) is 0 Å². The van der Waals surface area contributed by atoms with E-state index in [4.69, 9.17) is 37.0 Å². The maximum absolute atomic E-state index is 13.1. The van der Waals surface area contributed by atoms with Gasteiger partial charge in [0.15, 0.2) is 12.2 Å². The van der Waals surface area contributed by atoms with Crippen LogP contribution < -0.4 is 0 Å². The molecule has 0 saturated heterocycles. The van der Waals surface area contributed by atoms with Gasteiger partial charge in [0.1, 0.15) is 19.3 Å².